The van der Waals surface area contributed by atoms with Gasteiger partial charge in [0, 0.05) is 12.7 Å². The molecule has 0 amide bonds. The summed E-state index contributed by atoms with van der Waals surface area (Å²) in [5.41, 5.74) is 7.61. The van der Waals surface area contributed by atoms with Gasteiger partial charge in [-0.3, -0.25) is 9.48 Å². The zero-order valence-electron chi connectivity index (χ0n) is 11.6. The second-order valence-electron chi connectivity index (χ2n) is 5.86. The summed E-state index contributed by atoms with van der Waals surface area (Å²) in [6.07, 6.45) is 4.31. The molecule has 0 saturated heterocycles. The molecule has 1 saturated carbocycles. The van der Waals surface area contributed by atoms with Crippen molar-refractivity contribution in [1.29, 1.82) is 0 Å². The van der Waals surface area contributed by atoms with Gasteiger partial charge in [-0.15, -0.1) is 0 Å². The van der Waals surface area contributed by atoms with Gasteiger partial charge in [0.15, 0.2) is 5.78 Å². The van der Waals surface area contributed by atoms with Crippen LogP contribution >= 0.6 is 0 Å². The van der Waals surface area contributed by atoms with Crippen LogP contribution in [0, 0.1) is 12.8 Å². The van der Waals surface area contributed by atoms with Gasteiger partial charge in [0.25, 0.3) is 0 Å². The summed E-state index contributed by atoms with van der Waals surface area (Å²) in [7, 11) is 1.88. The number of Topliss-reactive ketones (excluding diaryl/α,β-unsaturated/α-hetero) is 1. The second-order valence-corrected chi connectivity index (χ2v) is 5.86. The molecule has 4 nitrogen and oxygen atoms in total. The molecule has 4 heteroatoms. The average molecular weight is 249 g/mol. The van der Waals surface area contributed by atoms with E-state index in [2.05, 4.69) is 12.0 Å². The summed E-state index contributed by atoms with van der Waals surface area (Å²) < 4.78 is 1.78. The lowest BCUT2D eigenvalue weighted by Crippen LogP contribution is -2.51. The Balaban J connectivity index is 2.09. The smallest absolute Gasteiger partial charge is 0.158 e. The highest BCUT2D eigenvalue weighted by molar-refractivity contribution is 5.89. The van der Waals surface area contributed by atoms with E-state index in [-0.39, 0.29) is 5.78 Å². The first-order chi connectivity index (χ1) is 8.40. The van der Waals surface area contributed by atoms with Crippen LogP contribution in [0.15, 0.2) is 6.07 Å². The van der Waals surface area contributed by atoms with E-state index in [1.54, 1.807) is 4.68 Å². The molecule has 2 atom stereocenters. The molecule has 1 fully saturated rings. The van der Waals surface area contributed by atoms with Crippen LogP contribution in [0.2, 0.25) is 0 Å². The fourth-order valence-electron chi connectivity index (χ4n) is 3.02. The van der Waals surface area contributed by atoms with Crippen LogP contribution in [0.25, 0.3) is 0 Å². The maximum atomic E-state index is 12.4. The predicted molar refractivity (Wildman–Crippen MR) is 71.2 cm³/mol. The minimum atomic E-state index is -0.615. The molecule has 100 valence electrons. The molecule has 0 radical (unpaired) electrons. The van der Waals surface area contributed by atoms with E-state index in [0.717, 1.165) is 30.7 Å². The first-order valence-corrected chi connectivity index (χ1v) is 6.72. The van der Waals surface area contributed by atoms with Crippen molar-refractivity contribution in [3.8, 4) is 0 Å². The van der Waals surface area contributed by atoms with E-state index in [1.165, 1.54) is 6.42 Å². The molecule has 18 heavy (non-hydrogen) atoms. The Morgan fingerprint density at radius 2 is 2.39 bits per heavy atom. The third kappa shape index (κ3) is 2.64. The van der Waals surface area contributed by atoms with E-state index in [0.29, 0.717) is 12.3 Å². The maximum Gasteiger partial charge on any atom is 0.158 e. The Morgan fingerprint density at radius 1 is 1.67 bits per heavy atom. The first kappa shape index (κ1) is 13.3. The summed E-state index contributed by atoms with van der Waals surface area (Å²) in [6.45, 7) is 4.12. The third-order valence-electron chi connectivity index (χ3n) is 4.03. The topological polar surface area (TPSA) is 60.9 Å². The Kier molecular flexibility index (Phi) is 3.57. The molecule has 1 aliphatic rings. The number of nitrogens with zero attached hydrogens (tertiary/aromatic N) is 2. The van der Waals surface area contributed by atoms with Crippen molar-refractivity contribution < 1.29 is 4.79 Å². The molecule has 2 rings (SSSR count). The number of hydrogen-bond acceptors (Lipinski definition) is 3. The summed E-state index contributed by atoms with van der Waals surface area (Å²) in [5, 5.41) is 4.27. The van der Waals surface area contributed by atoms with Crippen LogP contribution in [0.3, 0.4) is 0 Å². The highest BCUT2D eigenvalue weighted by atomic mass is 16.1. The third-order valence-corrected chi connectivity index (χ3v) is 4.03. The number of carbonyl (C=O) groups is 1. The second kappa shape index (κ2) is 4.84. The van der Waals surface area contributed by atoms with E-state index in [4.69, 9.17) is 5.73 Å². The molecule has 1 aromatic rings. The van der Waals surface area contributed by atoms with Crippen molar-refractivity contribution >= 4 is 5.78 Å². The quantitative estimate of drug-likeness (QED) is 0.887. The summed E-state index contributed by atoms with van der Waals surface area (Å²) in [6, 6.07) is 1.97. The minimum absolute atomic E-state index is 0.164. The monoisotopic (exact) mass is 249 g/mol. The Labute approximate surface area is 109 Å². The van der Waals surface area contributed by atoms with Crippen molar-refractivity contribution in [2.45, 2.75) is 51.5 Å². The van der Waals surface area contributed by atoms with Crippen molar-refractivity contribution in [2.75, 3.05) is 0 Å². The molecule has 1 heterocycles. The number of rotatable bonds is 3. The maximum absolute atomic E-state index is 12.4. The van der Waals surface area contributed by atoms with Crippen LogP contribution in [0.4, 0.5) is 0 Å². The van der Waals surface area contributed by atoms with Crippen LogP contribution < -0.4 is 5.73 Å². The fourth-order valence-corrected chi connectivity index (χ4v) is 3.02. The molecular weight excluding hydrogens is 226 g/mol. The minimum Gasteiger partial charge on any atom is -0.319 e. The van der Waals surface area contributed by atoms with Gasteiger partial charge in [-0.05, 0) is 31.7 Å². The summed E-state index contributed by atoms with van der Waals surface area (Å²) >= 11 is 0. The fraction of sp³-hybridized carbons (Fsp3) is 0.714. The van der Waals surface area contributed by atoms with Gasteiger partial charge in [0.05, 0.1) is 17.7 Å². The van der Waals surface area contributed by atoms with E-state index < -0.39 is 5.54 Å². The van der Waals surface area contributed by atoms with E-state index in [1.807, 2.05) is 20.0 Å². The number of carbonyl (C=O) groups excluding carboxylic acids is 1. The standard InChI is InChI=1S/C14H23N3O/c1-10-5-4-6-14(15,9-10)13(18)8-12-7-11(2)16-17(12)3/h7,10H,4-6,8-9,15H2,1-3H3. The van der Waals surface area contributed by atoms with Crippen molar-refractivity contribution in [1.82, 2.24) is 9.78 Å². The molecule has 0 bridgehead atoms. The highest BCUT2D eigenvalue weighted by Crippen LogP contribution is 2.31. The van der Waals surface area contributed by atoms with Crippen LogP contribution in [0.5, 0.6) is 0 Å². The zero-order valence-corrected chi connectivity index (χ0v) is 11.6. The number of aromatic nitrogens is 2. The van der Waals surface area contributed by atoms with Crippen LogP contribution in [0.1, 0.15) is 44.0 Å². The molecule has 1 aromatic heterocycles. The van der Waals surface area contributed by atoms with Gasteiger partial charge in [0.1, 0.15) is 0 Å². The van der Waals surface area contributed by atoms with Crippen LogP contribution in [-0.4, -0.2) is 21.1 Å². The lowest BCUT2D eigenvalue weighted by atomic mass is 9.74. The summed E-state index contributed by atoms with van der Waals surface area (Å²) in [4.78, 5) is 12.4. The molecule has 0 aliphatic heterocycles. The Morgan fingerprint density at radius 3 is 2.94 bits per heavy atom. The number of nitrogens with two attached hydrogens (primary N) is 1. The molecule has 2 unspecified atom stereocenters. The Hall–Kier alpha value is -1.16. The van der Waals surface area contributed by atoms with Gasteiger partial charge in [-0.1, -0.05) is 19.8 Å². The average Bonchev–Trinajstić information content (AvgIpc) is 2.57. The molecule has 0 spiro atoms. The van der Waals surface area contributed by atoms with E-state index >= 15 is 0 Å². The number of aryl methyl sites for hydroxylation is 2. The van der Waals surface area contributed by atoms with Gasteiger partial charge in [-0.2, -0.15) is 5.10 Å². The van der Waals surface area contributed by atoms with E-state index in [9.17, 15) is 4.79 Å². The number of hydrogen-bond donors (Lipinski definition) is 1. The van der Waals surface area contributed by atoms with Crippen molar-refractivity contribution in [2.24, 2.45) is 18.7 Å². The highest BCUT2D eigenvalue weighted by Gasteiger charge is 2.37. The molecule has 0 aromatic carbocycles. The molecule has 1 aliphatic carbocycles. The number of ketones is 1. The van der Waals surface area contributed by atoms with Crippen molar-refractivity contribution in [3.63, 3.8) is 0 Å². The SMILES string of the molecule is Cc1cc(CC(=O)C2(N)CCCC(C)C2)n(C)n1. The predicted octanol–water partition coefficient (Wildman–Crippen LogP) is 1.75. The van der Waals surface area contributed by atoms with Gasteiger partial charge in [-0.25, -0.2) is 0 Å². The summed E-state index contributed by atoms with van der Waals surface area (Å²) in [5.74, 6) is 0.720. The zero-order chi connectivity index (χ0) is 13.3. The normalized spacial score (nSPS) is 28.3. The largest absolute Gasteiger partial charge is 0.319 e. The molecular formula is C14H23N3O. The lowest BCUT2D eigenvalue weighted by Gasteiger charge is -2.35. The van der Waals surface area contributed by atoms with Gasteiger partial charge >= 0.3 is 0 Å². The first-order valence-electron chi connectivity index (χ1n) is 6.72. The Bertz CT molecular complexity index is 452. The van der Waals surface area contributed by atoms with Crippen molar-refractivity contribution in [3.05, 3.63) is 17.5 Å². The van der Waals surface area contributed by atoms with Gasteiger partial charge < -0.3 is 5.73 Å². The van der Waals surface area contributed by atoms with Crippen LogP contribution in [-0.2, 0) is 18.3 Å². The van der Waals surface area contributed by atoms with Gasteiger partial charge in [0.2, 0.25) is 0 Å². The lowest BCUT2D eigenvalue weighted by molar-refractivity contribution is -0.125. The molecule has 2 N–H and O–H groups in total.